The zero-order chi connectivity index (χ0) is 12.1. The first-order valence-corrected chi connectivity index (χ1v) is 6.01. The number of pyridine rings is 1. The van der Waals surface area contributed by atoms with Gasteiger partial charge in [0.15, 0.2) is 0 Å². The summed E-state index contributed by atoms with van der Waals surface area (Å²) in [7, 11) is 0. The van der Waals surface area contributed by atoms with Gasteiger partial charge in [0.1, 0.15) is 5.82 Å². The second-order valence-electron chi connectivity index (χ2n) is 4.50. The highest BCUT2D eigenvalue weighted by atomic mass is 35.5. The van der Waals surface area contributed by atoms with Crippen molar-refractivity contribution >= 4 is 17.4 Å². The van der Waals surface area contributed by atoms with E-state index in [-0.39, 0.29) is 0 Å². The van der Waals surface area contributed by atoms with Crippen LogP contribution in [-0.2, 0) is 6.54 Å². The van der Waals surface area contributed by atoms with Gasteiger partial charge in [0.25, 0.3) is 0 Å². The zero-order valence-electron chi connectivity index (χ0n) is 10.3. The number of rotatable bonds is 5. The number of hydrogen-bond donors (Lipinski definition) is 2. The van der Waals surface area contributed by atoms with Crippen LogP contribution in [0.25, 0.3) is 0 Å². The molecule has 0 unspecified atom stereocenters. The molecule has 4 heteroatoms. The van der Waals surface area contributed by atoms with Crippen molar-refractivity contribution in [1.82, 2.24) is 10.3 Å². The van der Waals surface area contributed by atoms with Gasteiger partial charge in [-0.05, 0) is 25.5 Å². The minimum Gasteiger partial charge on any atom is -0.368 e. The van der Waals surface area contributed by atoms with Gasteiger partial charge in [-0.15, -0.1) is 0 Å². The first-order chi connectivity index (χ1) is 7.49. The molecule has 0 radical (unpaired) electrons. The summed E-state index contributed by atoms with van der Waals surface area (Å²) in [4.78, 5) is 4.24. The van der Waals surface area contributed by atoms with Gasteiger partial charge in [-0.1, -0.05) is 25.4 Å². The molecular formula is C12H20ClN3. The predicted molar refractivity (Wildman–Crippen MR) is 70.0 cm³/mol. The van der Waals surface area contributed by atoms with Crippen molar-refractivity contribution in [3.05, 3.63) is 22.8 Å². The third kappa shape index (κ3) is 4.37. The highest BCUT2D eigenvalue weighted by molar-refractivity contribution is 6.31. The largest absolute Gasteiger partial charge is 0.368 e. The fraction of sp³-hybridized carbons (Fsp3) is 0.583. The van der Waals surface area contributed by atoms with E-state index in [9.17, 15) is 0 Å². The van der Waals surface area contributed by atoms with Crippen molar-refractivity contribution in [3.8, 4) is 0 Å². The molecule has 0 amide bonds. The van der Waals surface area contributed by atoms with E-state index in [4.69, 9.17) is 11.6 Å². The third-order valence-corrected chi connectivity index (χ3v) is 2.41. The molecule has 3 nitrogen and oxygen atoms in total. The van der Waals surface area contributed by atoms with Crippen LogP contribution in [0.15, 0.2) is 12.3 Å². The van der Waals surface area contributed by atoms with E-state index in [2.05, 4.69) is 43.3 Å². The van der Waals surface area contributed by atoms with E-state index in [0.29, 0.717) is 17.1 Å². The molecular weight excluding hydrogens is 222 g/mol. The van der Waals surface area contributed by atoms with Crippen LogP contribution >= 0.6 is 11.6 Å². The molecule has 1 aromatic heterocycles. The van der Waals surface area contributed by atoms with Crippen molar-refractivity contribution in [2.45, 2.75) is 46.3 Å². The Morgan fingerprint density at radius 3 is 2.50 bits per heavy atom. The van der Waals surface area contributed by atoms with Gasteiger partial charge >= 0.3 is 0 Å². The fourth-order valence-corrected chi connectivity index (χ4v) is 1.47. The summed E-state index contributed by atoms with van der Waals surface area (Å²) in [5.41, 5.74) is 1.08. The van der Waals surface area contributed by atoms with Crippen molar-refractivity contribution in [3.63, 3.8) is 0 Å². The van der Waals surface area contributed by atoms with E-state index in [0.717, 1.165) is 17.9 Å². The van der Waals surface area contributed by atoms with Crippen LogP contribution in [0.4, 0.5) is 5.82 Å². The summed E-state index contributed by atoms with van der Waals surface area (Å²) in [6.45, 7) is 9.17. The fourth-order valence-electron chi connectivity index (χ4n) is 1.30. The first-order valence-electron chi connectivity index (χ1n) is 5.63. The summed E-state index contributed by atoms with van der Waals surface area (Å²) < 4.78 is 0. The molecule has 90 valence electrons. The van der Waals surface area contributed by atoms with Crippen molar-refractivity contribution in [1.29, 1.82) is 0 Å². The molecule has 0 fully saturated rings. The summed E-state index contributed by atoms with van der Waals surface area (Å²) in [5, 5.41) is 7.32. The molecule has 0 aliphatic rings. The molecule has 0 saturated carbocycles. The summed E-state index contributed by atoms with van der Waals surface area (Å²) in [6.07, 6.45) is 1.70. The van der Waals surface area contributed by atoms with E-state index in [1.807, 2.05) is 6.07 Å². The van der Waals surface area contributed by atoms with Gasteiger partial charge in [-0.2, -0.15) is 0 Å². The summed E-state index contributed by atoms with van der Waals surface area (Å²) in [5.74, 6) is 0.875. The maximum absolute atomic E-state index is 6.09. The van der Waals surface area contributed by atoms with Crippen LogP contribution in [0.2, 0.25) is 5.02 Å². The molecule has 2 N–H and O–H groups in total. The third-order valence-electron chi connectivity index (χ3n) is 2.07. The molecule has 0 aliphatic heterocycles. The number of anilines is 1. The average Bonchev–Trinajstić information content (AvgIpc) is 2.18. The van der Waals surface area contributed by atoms with Crippen LogP contribution < -0.4 is 10.6 Å². The summed E-state index contributed by atoms with van der Waals surface area (Å²) in [6, 6.07) is 2.82. The number of hydrogen-bond acceptors (Lipinski definition) is 3. The Morgan fingerprint density at radius 1 is 1.25 bits per heavy atom. The lowest BCUT2D eigenvalue weighted by Gasteiger charge is -2.13. The van der Waals surface area contributed by atoms with Crippen LogP contribution in [0.5, 0.6) is 0 Å². The average molecular weight is 242 g/mol. The Morgan fingerprint density at radius 2 is 1.94 bits per heavy atom. The van der Waals surface area contributed by atoms with Gasteiger partial charge in [-0.3, -0.25) is 0 Å². The Balaban J connectivity index is 2.74. The van der Waals surface area contributed by atoms with E-state index >= 15 is 0 Å². The van der Waals surface area contributed by atoms with Gasteiger partial charge in [0.2, 0.25) is 0 Å². The second-order valence-corrected chi connectivity index (χ2v) is 4.90. The highest BCUT2D eigenvalue weighted by Gasteiger charge is 2.04. The van der Waals surface area contributed by atoms with Gasteiger partial charge < -0.3 is 10.6 Å². The zero-order valence-corrected chi connectivity index (χ0v) is 11.1. The standard InChI is InChI=1S/C12H20ClN3/c1-8(2)14-6-10-5-12(16-9(3)4)15-7-11(10)13/h5,7-9,14H,6H2,1-4H3,(H,15,16). The van der Waals surface area contributed by atoms with Crippen LogP contribution in [0.1, 0.15) is 33.3 Å². The Bertz CT molecular complexity index is 337. The Hall–Kier alpha value is -0.800. The molecule has 0 bridgehead atoms. The second kappa shape index (κ2) is 6.06. The Kier molecular flexibility index (Phi) is 5.03. The maximum Gasteiger partial charge on any atom is 0.126 e. The Labute approximate surface area is 103 Å². The van der Waals surface area contributed by atoms with E-state index in [1.165, 1.54) is 0 Å². The summed E-state index contributed by atoms with van der Waals surface area (Å²) >= 11 is 6.09. The number of aromatic nitrogens is 1. The van der Waals surface area contributed by atoms with Crippen LogP contribution in [0, 0.1) is 0 Å². The van der Waals surface area contributed by atoms with Crippen LogP contribution in [0.3, 0.4) is 0 Å². The number of nitrogens with one attached hydrogen (secondary N) is 2. The molecule has 16 heavy (non-hydrogen) atoms. The molecule has 1 heterocycles. The lowest BCUT2D eigenvalue weighted by molar-refractivity contribution is 0.588. The van der Waals surface area contributed by atoms with Crippen LogP contribution in [-0.4, -0.2) is 17.1 Å². The van der Waals surface area contributed by atoms with Crippen molar-refractivity contribution in [2.24, 2.45) is 0 Å². The molecule has 0 atom stereocenters. The van der Waals surface area contributed by atoms with E-state index in [1.54, 1.807) is 6.20 Å². The smallest absolute Gasteiger partial charge is 0.126 e. The molecule has 0 aromatic carbocycles. The minimum atomic E-state index is 0.375. The molecule has 0 saturated heterocycles. The quantitative estimate of drug-likeness (QED) is 0.832. The van der Waals surface area contributed by atoms with Crippen molar-refractivity contribution < 1.29 is 0 Å². The predicted octanol–water partition coefficient (Wildman–Crippen LogP) is 3.05. The normalized spacial score (nSPS) is 11.2. The topological polar surface area (TPSA) is 37.0 Å². The van der Waals surface area contributed by atoms with Gasteiger partial charge in [-0.25, -0.2) is 4.98 Å². The minimum absolute atomic E-state index is 0.375. The molecule has 0 aliphatic carbocycles. The van der Waals surface area contributed by atoms with Gasteiger partial charge in [0.05, 0.1) is 5.02 Å². The molecule has 0 spiro atoms. The molecule has 1 aromatic rings. The SMILES string of the molecule is CC(C)NCc1cc(NC(C)C)ncc1Cl. The monoisotopic (exact) mass is 241 g/mol. The van der Waals surface area contributed by atoms with Gasteiger partial charge in [0, 0.05) is 24.8 Å². The number of nitrogens with zero attached hydrogens (tertiary/aromatic N) is 1. The van der Waals surface area contributed by atoms with Crippen molar-refractivity contribution in [2.75, 3.05) is 5.32 Å². The maximum atomic E-state index is 6.09. The lowest BCUT2D eigenvalue weighted by atomic mass is 10.2. The first kappa shape index (κ1) is 13.3. The number of halogens is 1. The highest BCUT2D eigenvalue weighted by Crippen LogP contribution is 2.18. The lowest BCUT2D eigenvalue weighted by Crippen LogP contribution is -2.22. The van der Waals surface area contributed by atoms with E-state index < -0.39 is 0 Å². The molecule has 1 rings (SSSR count).